The second-order valence-corrected chi connectivity index (χ2v) is 13.0. The van der Waals surface area contributed by atoms with Crippen LogP contribution in [-0.4, -0.2) is 13.2 Å². The summed E-state index contributed by atoms with van der Waals surface area (Å²) in [6.07, 6.45) is 37.1. The summed E-state index contributed by atoms with van der Waals surface area (Å²) in [5.74, 6) is 0. The molecule has 0 spiro atoms. The van der Waals surface area contributed by atoms with E-state index in [4.69, 9.17) is 4.74 Å². The predicted octanol–water partition coefficient (Wildman–Crippen LogP) is 15.3. The van der Waals surface area contributed by atoms with Gasteiger partial charge in [0.15, 0.2) is 0 Å². The zero-order valence-electron chi connectivity index (χ0n) is 29.9. The quantitative estimate of drug-likeness (QED) is 0.0632. The number of hydrogen-bond donors (Lipinski definition) is 0. The Bertz CT molecular complexity index is 769. The van der Waals surface area contributed by atoms with E-state index in [2.05, 4.69) is 24.1 Å². The number of benzene rings is 2. The number of nitrogens with zero attached hydrogens (tertiary/aromatic N) is 2. The van der Waals surface area contributed by atoms with Gasteiger partial charge in [-0.2, -0.15) is 10.2 Å². The highest BCUT2D eigenvalue weighted by Gasteiger charge is 1.96. The molecule has 0 amide bonds. The van der Waals surface area contributed by atoms with Crippen molar-refractivity contribution >= 4 is 11.4 Å². The van der Waals surface area contributed by atoms with Gasteiger partial charge in [0.05, 0.1) is 11.4 Å². The van der Waals surface area contributed by atoms with Crippen molar-refractivity contribution in [1.82, 2.24) is 0 Å². The van der Waals surface area contributed by atoms with Gasteiger partial charge in [-0.1, -0.05) is 204 Å². The molecular weight excluding hydrogens is 548 g/mol. The summed E-state index contributed by atoms with van der Waals surface area (Å²) in [5, 5.41) is 8.20. The van der Waals surface area contributed by atoms with Gasteiger partial charge in [0.25, 0.3) is 0 Å². The van der Waals surface area contributed by atoms with Crippen molar-refractivity contribution in [3.05, 3.63) is 60.7 Å². The average molecular weight is 621 g/mol. The number of azo groups is 1. The molecule has 0 heterocycles. The third-order valence-corrected chi connectivity index (χ3v) is 8.58. The van der Waals surface area contributed by atoms with E-state index in [1.54, 1.807) is 0 Å². The Morgan fingerprint density at radius 2 is 0.578 bits per heavy atom. The van der Waals surface area contributed by atoms with Crippen LogP contribution in [-0.2, 0) is 4.74 Å². The molecule has 2 rings (SSSR count). The minimum Gasteiger partial charge on any atom is -0.381 e. The van der Waals surface area contributed by atoms with Crippen molar-refractivity contribution in [3.8, 4) is 0 Å². The van der Waals surface area contributed by atoms with Gasteiger partial charge >= 0.3 is 0 Å². The number of rotatable bonds is 30. The maximum absolute atomic E-state index is 5.83. The van der Waals surface area contributed by atoms with Crippen LogP contribution in [0.15, 0.2) is 70.9 Å². The van der Waals surface area contributed by atoms with Crippen LogP contribution >= 0.6 is 0 Å². The molecule has 2 aromatic rings. The largest absolute Gasteiger partial charge is 0.381 e. The molecule has 0 N–H and O–H groups in total. The Morgan fingerprint density at radius 3 is 0.844 bits per heavy atom. The molecule has 3 nitrogen and oxygen atoms in total. The summed E-state index contributed by atoms with van der Waals surface area (Å²) < 4.78 is 5.83. The third-order valence-electron chi connectivity index (χ3n) is 8.58. The van der Waals surface area contributed by atoms with Crippen LogP contribution in [0.4, 0.5) is 11.4 Å². The van der Waals surface area contributed by atoms with Gasteiger partial charge in [0, 0.05) is 13.2 Å². The Hall–Kier alpha value is -2.00. The topological polar surface area (TPSA) is 34.0 Å². The van der Waals surface area contributed by atoms with Gasteiger partial charge in [0.1, 0.15) is 0 Å². The summed E-state index contributed by atoms with van der Waals surface area (Å²) in [6, 6.07) is 19.4. The van der Waals surface area contributed by atoms with Gasteiger partial charge in [-0.3, -0.25) is 0 Å². The van der Waals surface area contributed by atoms with Gasteiger partial charge in [-0.05, 0) is 37.1 Å². The van der Waals surface area contributed by atoms with Crippen LogP contribution in [0.5, 0.6) is 0 Å². The SMILES string of the molecule is CCCCCCCCCCCCCCCOCCCCCCCCCCCCCCC.c1ccc(N=Nc2ccccc2)cc1. The Labute approximate surface area is 280 Å². The van der Waals surface area contributed by atoms with Crippen LogP contribution in [0.1, 0.15) is 181 Å². The zero-order valence-corrected chi connectivity index (χ0v) is 29.9. The lowest BCUT2D eigenvalue weighted by Crippen LogP contribution is -1.97. The van der Waals surface area contributed by atoms with Crippen LogP contribution in [0.2, 0.25) is 0 Å². The first kappa shape index (κ1) is 41.0. The van der Waals surface area contributed by atoms with E-state index in [1.165, 1.54) is 167 Å². The normalized spacial score (nSPS) is 11.2. The Balaban J connectivity index is 0.000000591. The van der Waals surface area contributed by atoms with Crippen LogP contribution in [0, 0.1) is 0 Å². The summed E-state index contributed by atoms with van der Waals surface area (Å²) in [4.78, 5) is 0. The Morgan fingerprint density at radius 1 is 0.333 bits per heavy atom. The first-order chi connectivity index (χ1) is 22.4. The van der Waals surface area contributed by atoms with Crippen LogP contribution < -0.4 is 0 Å². The predicted molar refractivity (Wildman–Crippen MR) is 199 cm³/mol. The van der Waals surface area contributed by atoms with Crippen molar-refractivity contribution in [2.24, 2.45) is 10.2 Å². The lowest BCUT2D eigenvalue weighted by Gasteiger charge is -2.05. The molecule has 256 valence electrons. The summed E-state index contributed by atoms with van der Waals surface area (Å²) in [5.41, 5.74) is 1.74. The molecule has 0 bridgehead atoms. The third kappa shape index (κ3) is 30.4. The van der Waals surface area contributed by atoms with Crippen molar-refractivity contribution in [3.63, 3.8) is 0 Å². The maximum atomic E-state index is 5.83. The second-order valence-electron chi connectivity index (χ2n) is 13.0. The fraction of sp³-hybridized carbons (Fsp3) is 0.714. The van der Waals surface area contributed by atoms with E-state index < -0.39 is 0 Å². The zero-order chi connectivity index (χ0) is 32.1. The highest BCUT2D eigenvalue weighted by molar-refractivity contribution is 5.39. The van der Waals surface area contributed by atoms with Crippen molar-refractivity contribution in [2.45, 2.75) is 181 Å². The highest BCUT2D eigenvalue weighted by Crippen LogP contribution is 2.17. The number of unbranched alkanes of at least 4 members (excludes halogenated alkanes) is 24. The molecule has 0 aromatic heterocycles. The van der Waals surface area contributed by atoms with Crippen LogP contribution in [0.25, 0.3) is 0 Å². The molecule has 0 saturated heterocycles. The fourth-order valence-electron chi connectivity index (χ4n) is 5.65. The lowest BCUT2D eigenvalue weighted by molar-refractivity contribution is 0.125. The molecule has 0 aliphatic rings. The van der Waals surface area contributed by atoms with E-state index in [0.29, 0.717) is 0 Å². The van der Waals surface area contributed by atoms with E-state index in [1.807, 2.05) is 60.7 Å². The molecule has 45 heavy (non-hydrogen) atoms. The minimum atomic E-state index is 0.872. The maximum Gasteiger partial charge on any atom is 0.0857 e. The summed E-state index contributed by atoms with van der Waals surface area (Å²) in [6.45, 7) is 6.59. The van der Waals surface area contributed by atoms with Crippen molar-refractivity contribution < 1.29 is 4.74 Å². The molecule has 3 heteroatoms. The van der Waals surface area contributed by atoms with E-state index in [0.717, 1.165) is 24.6 Å². The molecule has 0 saturated carbocycles. The summed E-state index contributed by atoms with van der Waals surface area (Å²) >= 11 is 0. The molecule has 0 radical (unpaired) electrons. The highest BCUT2D eigenvalue weighted by atomic mass is 16.5. The van der Waals surface area contributed by atoms with E-state index in [-0.39, 0.29) is 0 Å². The van der Waals surface area contributed by atoms with Crippen LogP contribution in [0.3, 0.4) is 0 Å². The lowest BCUT2D eigenvalue weighted by atomic mass is 10.0. The molecule has 2 aromatic carbocycles. The number of hydrogen-bond acceptors (Lipinski definition) is 3. The fourth-order valence-corrected chi connectivity index (χ4v) is 5.65. The van der Waals surface area contributed by atoms with Gasteiger partial charge in [-0.25, -0.2) is 0 Å². The average Bonchev–Trinajstić information content (AvgIpc) is 3.08. The molecule has 0 atom stereocenters. The summed E-state index contributed by atoms with van der Waals surface area (Å²) in [7, 11) is 0. The van der Waals surface area contributed by atoms with Gasteiger partial charge in [0.2, 0.25) is 0 Å². The van der Waals surface area contributed by atoms with E-state index in [9.17, 15) is 0 Å². The molecule has 0 fully saturated rings. The smallest absolute Gasteiger partial charge is 0.0857 e. The van der Waals surface area contributed by atoms with Gasteiger partial charge < -0.3 is 4.74 Å². The van der Waals surface area contributed by atoms with E-state index >= 15 is 0 Å². The first-order valence-electron chi connectivity index (χ1n) is 19.5. The second kappa shape index (κ2) is 34.9. The van der Waals surface area contributed by atoms with Crippen molar-refractivity contribution in [1.29, 1.82) is 0 Å². The number of ether oxygens (including phenoxy) is 1. The first-order valence-corrected chi connectivity index (χ1v) is 19.5. The molecular formula is C42H72N2O. The standard InChI is InChI=1S/C30H62O.C12H10N2/c1-3-5-7-9-11-13-15-17-19-21-23-25-27-29-31-30-28-26-24-22-20-18-16-14-12-10-8-6-4-2;1-3-7-11(8-4-1)13-14-12-9-5-2-6-10-12/h3-30H2,1-2H3;1-10H. The molecule has 0 unspecified atom stereocenters. The monoisotopic (exact) mass is 621 g/mol. The van der Waals surface area contributed by atoms with Crippen molar-refractivity contribution in [2.75, 3.05) is 13.2 Å². The van der Waals surface area contributed by atoms with Gasteiger partial charge in [-0.15, -0.1) is 0 Å². The Kier molecular flexibility index (Phi) is 31.8. The molecule has 0 aliphatic heterocycles. The molecule has 0 aliphatic carbocycles. The minimum absolute atomic E-state index is 0.872.